The number of ether oxygens (including phenoxy) is 4. The lowest BCUT2D eigenvalue weighted by atomic mass is 9.38. The van der Waals surface area contributed by atoms with E-state index in [-0.39, 0.29) is 47.6 Å². The molecule has 18 atom stereocenters. The normalized spacial score (nSPS) is 58.2. The van der Waals surface area contributed by atoms with Crippen molar-refractivity contribution in [2.75, 3.05) is 0 Å². The fourth-order valence-corrected chi connectivity index (χ4v) is 12.4. The molecule has 5 aliphatic carbocycles. The average Bonchev–Trinajstić information content (AvgIpc) is 3.61. The van der Waals surface area contributed by atoms with Crippen LogP contribution in [0.3, 0.4) is 0 Å². The SMILES string of the molecule is CC(=O)O[C@@H]1[C@H]2[C@H]3C(C(C)[C@H](C)[C@]2(C)[C@@H]2[C@@H]1[C@]1(C)C(=C[C@H]2C)OC(=O)[C@@]1(C)O)[C@]1(C)[C@H](C[C@@H]2O[C@@H]2[C@@H]1OC(C)=O)C(=O)[C@@H]3O. The Bertz CT molecular complexity index is 1390. The van der Waals surface area contributed by atoms with Crippen molar-refractivity contribution in [2.24, 2.45) is 69.5 Å². The fourth-order valence-electron chi connectivity index (χ4n) is 12.4. The van der Waals surface area contributed by atoms with Crippen LogP contribution in [0, 0.1) is 69.5 Å². The molecule has 0 spiro atoms. The molecule has 10 nitrogen and oxygen atoms in total. The van der Waals surface area contributed by atoms with E-state index in [9.17, 15) is 29.4 Å². The number of esters is 3. The van der Waals surface area contributed by atoms with Crippen molar-refractivity contribution in [1.29, 1.82) is 0 Å². The molecule has 2 N–H and O–H groups in total. The Kier molecular flexibility index (Phi) is 6.17. The second-order valence-corrected chi connectivity index (χ2v) is 16.0. The molecule has 0 radical (unpaired) electrons. The van der Waals surface area contributed by atoms with Gasteiger partial charge in [-0.3, -0.25) is 14.4 Å². The van der Waals surface area contributed by atoms with Crippen molar-refractivity contribution < 1.29 is 48.3 Å². The predicted octanol–water partition coefficient (Wildman–Crippen LogP) is 2.82. The van der Waals surface area contributed by atoms with Crippen molar-refractivity contribution in [2.45, 2.75) is 105 Å². The number of carbonyl (C=O) groups excluding carboxylic acids is 4. The van der Waals surface area contributed by atoms with Gasteiger partial charge >= 0.3 is 17.9 Å². The maximum atomic E-state index is 14.3. The summed E-state index contributed by atoms with van der Waals surface area (Å²) in [6, 6.07) is 0. The zero-order valence-electron chi connectivity index (χ0n) is 27.0. The summed E-state index contributed by atoms with van der Waals surface area (Å²) >= 11 is 0. The van der Waals surface area contributed by atoms with E-state index in [4.69, 9.17) is 18.9 Å². The molecule has 44 heavy (non-hydrogen) atoms. The fraction of sp³-hybridized carbons (Fsp3) is 0.824. The predicted molar refractivity (Wildman–Crippen MR) is 153 cm³/mol. The van der Waals surface area contributed by atoms with Crippen LogP contribution >= 0.6 is 0 Å². The molecule has 2 heterocycles. The first kappa shape index (κ1) is 30.4. The van der Waals surface area contributed by atoms with Crippen LogP contribution in [0.2, 0.25) is 0 Å². The van der Waals surface area contributed by atoms with Gasteiger partial charge in [-0.2, -0.15) is 0 Å². The summed E-state index contributed by atoms with van der Waals surface area (Å²) in [4.78, 5) is 52.8. The second kappa shape index (κ2) is 8.94. The van der Waals surface area contributed by atoms with Gasteiger partial charge in [-0.25, -0.2) is 4.79 Å². The van der Waals surface area contributed by atoms with E-state index in [0.29, 0.717) is 12.2 Å². The first-order chi connectivity index (χ1) is 20.4. The smallest absolute Gasteiger partial charge is 0.343 e. The summed E-state index contributed by atoms with van der Waals surface area (Å²) in [5.74, 6) is -4.44. The minimum atomic E-state index is -1.89. The van der Waals surface area contributed by atoms with E-state index >= 15 is 0 Å². The number of allylic oxidation sites excluding steroid dienone is 1. The summed E-state index contributed by atoms with van der Waals surface area (Å²) in [6.07, 6.45) is -0.921. The molecule has 7 aliphatic rings. The molecule has 0 aromatic carbocycles. The van der Waals surface area contributed by atoms with E-state index in [1.807, 2.05) is 19.9 Å². The van der Waals surface area contributed by atoms with Gasteiger partial charge in [0.1, 0.15) is 30.2 Å². The molecule has 0 amide bonds. The standard InChI is InChI=1S/C34H46O10/c1-12-10-19-33(8,34(9,40)30(39)44-19)24-21(12)31(6)14(3)13(2)22-20(23(31)28(24)41-15(4)35)26(38)25(37)17-11-18-27(43-18)29(32(17,22)7)42-16(5)36/h10,12-14,17-18,20-24,26-29,38,40H,11H2,1-9H3/t12-,13?,14+,17-,18+,20-,21+,22?,23-,24+,26-,27+,28-,29+,31-,32+,33+,34-/m1/s1. The number of Topliss-reactive ketones (excluding diaryl/α,β-unsaturated/α-hetero) is 1. The van der Waals surface area contributed by atoms with Crippen LogP contribution in [0.1, 0.15) is 68.7 Å². The third-order valence-corrected chi connectivity index (χ3v) is 14.5. The molecule has 7 rings (SSSR count). The Balaban J connectivity index is 1.45. The minimum absolute atomic E-state index is 0.000481. The van der Waals surface area contributed by atoms with Crippen LogP contribution in [0.15, 0.2) is 11.8 Å². The monoisotopic (exact) mass is 614 g/mol. The average molecular weight is 615 g/mol. The number of aliphatic hydroxyl groups excluding tert-OH is 1. The largest absolute Gasteiger partial charge is 0.462 e. The number of fused-ring (bicyclic) bond motifs is 10. The molecule has 2 aliphatic heterocycles. The molecule has 0 aromatic rings. The Morgan fingerprint density at radius 3 is 2.18 bits per heavy atom. The van der Waals surface area contributed by atoms with Gasteiger partial charge in [-0.05, 0) is 61.3 Å². The zero-order valence-corrected chi connectivity index (χ0v) is 27.0. The van der Waals surface area contributed by atoms with Gasteiger partial charge in [0.05, 0.1) is 11.5 Å². The van der Waals surface area contributed by atoms with Gasteiger partial charge in [0, 0.05) is 42.9 Å². The number of ketones is 1. The number of hydrogen-bond acceptors (Lipinski definition) is 10. The molecule has 2 unspecified atom stereocenters. The molecule has 6 fully saturated rings. The van der Waals surface area contributed by atoms with E-state index < -0.39 is 81.7 Å². The maximum absolute atomic E-state index is 14.3. The number of rotatable bonds is 2. The second-order valence-electron chi connectivity index (χ2n) is 16.0. The van der Waals surface area contributed by atoms with E-state index in [0.717, 1.165) is 0 Å². The van der Waals surface area contributed by atoms with Crippen LogP contribution in [0.5, 0.6) is 0 Å². The van der Waals surface area contributed by atoms with Crippen LogP contribution in [-0.2, 0) is 38.1 Å². The Hall–Kier alpha value is -2.30. The lowest BCUT2D eigenvalue weighted by Gasteiger charge is -2.66. The Labute approximate surface area is 258 Å². The molecule has 2 saturated heterocycles. The molecule has 4 saturated carbocycles. The van der Waals surface area contributed by atoms with Crippen LogP contribution in [0.4, 0.5) is 0 Å². The Morgan fingerprint density at radius 2 is 1.57 bits per heavy atom. The van der Waals surface area contributed by atoms with Gasteiger partial charge in [-0.1, -0.05) is 34.6 Å². The lowest BCUT2D eigenvalue weighted by Crippen LogP contribution is -2.70. The van der Waals surface area contributed by atoms with E-state index in [2.05, 4.69) is 27.7 Å². The van der Waals surface area contributed by atoms with Gasteiger partial charge in [-0.15, -0.1) is 0 Å². The number of aliphatic hydroxyl groups is 2. The first-order valence-corrected chi connectivity index (χ1v) is 16.2. The van der Waals surface area contributed by atoms with Crippen molar-refractivity contribution in [3.05, 3.63) is 11.8 Å². The molecular weight excluding hydrogens is 568 g/mol. The zero-order chi connectivity index (χ0) is 32.2. The van der Waals surface area contributed by atoms with E-state index in [1.54, 1.807) is 0 Å². The molecule has 0 bridgehead atoms. The summed E-state index contributed by atoms with van der Waals surface area (Å²) in [7, 11) is 0. The van der Waals surface area contributed by atoms with Gasteiger partial charge in [0.2, 0.25) is 0 Å². The number of epoxide rings is 1. The third-order valence-electron chi connectivity index (χ3n) is 14.5. The third kappa shape index (κ3) is 3.28. The highest BCUT2D eigenvalue weighted by molar-refractivity contribution is 5.88. The van der Waals surface area contributed by atoms with Gasteiger partial charge in [0.15, 0.2) is 11.4 Å². The van der Waals surface area contributed by atoms with Gasteiger partial charge < -0.3 is 29.2 Å². The molecule has 10 heteroatoms. The number of hydrogen-bond donors (Lipinski definition) is 2. The first-order valence-electron chi connectivity index (χ1n) is 16.2. The highest BCUT2D eigenvalue weighted by Gasteiger charge is 2.81. The van der Waals surface area contributed by atoms with Crippen molar-refractivity contribution in [3.63, 3.8) is 0 Å². The van der Waals surface area contributed by atoms with Crippen LogP contribution < -0.4 is 0 Å². The Morgan fingerprint density at radius 1 is 0.932 bits per heavy atom. The summed E-state index contributed by atoms with van der Waals surface area (Å²) in [6.45, 7) is 16.6. The van der Waals surface area contributed by atoms with Crippen molar-refractivity contribution in [3.8, 4) is 0 Å². The van der Waals surface area contributed by atoms with Crippen LogP contribution in [-0.4, -0.2) is 70.0 Å². The summed E-state index contributed by atoms with van der Waals surface area (Å²) < 4.78 is 24.0. The highest BCUT2D eigenvalue weighted by atomic mass is 16.6. The summed E-state index contributed by atoms with van der Waals surface area (Å²) in [5, 5.41) is 23.9. The molecule has 0 aromatic heterocycles. The van der Waals surface area contributed by atoms with Gasteiger partial charge in [0.25, 0.3) is 0 Å². The van der Waals surface area contributed by atoms with E-state index in [1.165, 1.54) is 20.8 Å². The lowest BCUT2D eigenvalue weighted by molar-refractivity contribution is -0.235. The van der Waals surface area contributed by atoms with Crippen molar-refractivity contribution in [1.82, 2.24) is 0 Å². The minimum Gasteiger partial charge on any atom is -0.462 e. The summed E-state index contributed by atoms with van der Waals surface area (Å²) in [5.41, 5.74) is -4.51. The topological polar surface area (TPSA) is 149 Å². The highest BCUT2D eigenvalue weighted by Crippen LogP contribution is 2.77. The maximum Gasteiger partial charge on any atom is 0.343 e. The molecule has 242 valence electrons. The van der Waals surface area contributed by atoms with Crippen molar-refractivity contribution >= 4 is 23.7 Å². The van der Waals surface area contributed by atoms with Crippen LogP contribution in [0.25, 0.3) is 0 Å². The number of carbonyl (C=O) groups is 4. The quantitative estimate of drug-likeness (QED) is 0.270. The molecular formula is C34H46O10.